The number of aromatic nitrogens is 1. The van der Waals surface area contributed by atoms with Crippen LogP contribution in [0.3, 0.4) is 0 Å². The monoisotopic (exact) mass is 559 g/mol. The highest BCUT2D eigenvalue weighted by atomic mass is 127. The van der Waals surface area contributed by atoms with Crippen molar-refractivity contribution in [2.24, 2.45) is 10.9 Å². The van der Waals surface area contributed by atoms with E-state index in [1.54, 1.807) is 25.5 Å². The minimum absolute atomic E-state index is 0. The highest BCUT2D eigenvalue weighted by molar-refractivity contribution is 14.0. The Balaban J connectivity index is 0.00000480. The number of hydrogen-bond donors (Lipinski definition) is 2. The van der Waals surface area contributed by atoms with E-state index in [9.17, 15) is 4.79 Å². The van der Waals surface area contributed by atoms with Crippen molar-refractivity contribution in [3.63, 3.8) is 0 Å². The number of methoxy groups -OCH3 is 1. The van der Waals surface area contributed by atoms with E-state index in [-0.39, 0.29) is 36.0 Å². The summed E-state index contributed by atoms with van der Waals surface area (Å²) in [5.74, 6) is 1.15. The van der Waals surface area contributed by atoms with Crippen molar-refractivity contribution < 1.29 is 9.53 Å². The van der Waals surface area contributed by atoms with Crippen LogP contribution in [0.1, 0.15) is 49.6 Å². The van der Waals surface area contributed by atoms with Gasteiger partial charge in [0.05, 0.1) is 12.2 Å². The molecule has 2 rings (SSSR count). The molecule has 0 bridgehead atoms. The summed E-state index contributed by atoms with van der Waals surface area (Å²) in [6, 6.07) is 7.86. The summed E-state index contributed by atoms with van der Waals surface area (Å²) in [5.41, 5.74) is 2.86. The Morgan fingerprint density at radius 3 is 2.71 bits per heavy atom. The van der Waals surface area contributed by atoms with Crippen molar-refractivity contribution in [1.82, 2.24) is 15.2 Å². The molecule has 0 fully saturated rings. The van der Waals surface area contributed by atoms with Gasteiger partial charge in [-0.25, -0.2) is 4.98 Å². The maximum atomic E-state index is 12.0. The van der Waals surface area contributed by atoms with Crippen LogP contribution in [0.25, 0.3) is 0 Å². The van der Waals surface area contributed by atoms with Gasteiger partial charge in [-0.2, -0.15) is 0 Å². The average Bonchev–Trinajstić information content (AvgIpc) is 3.16. The van der Waals surface area contributed by atoms with Crippen LogP contribution in [-0.4, -0.2) is 43.0 Å². The molecular weight excluding hydrogens is 525 g/mol. The molecule has 1 unspecified atom stereocenters. The molecule has 1 heterocycles. The van der Waals surface area contributed by atoms with Gasteiger partial charge in [0.25, 0.3) is 0 Å². The summed E-state index contributed by atoms with van der Waals surface area (Å²) >= 11 is 1.61. The van der Waals surface area contributed by atoms with E-state index in [4.69, 9.17) is 4.74 Å². The largest absolute Gasteiger partial charge is 0.375 e. The number of thiazole rings is 1. The van der Waals surface area contributed by atoms with E-state index in [1.165, 1.54) is 0 Å². The zero-order valence-electron chi connectivity index (χ0n) is 19.1. The van der Waals surface area contributed by atoms with Gasteiger partial charge in [0.15, 0.2) is 5.96 Å². The Bertz CT molecular complexity index is 856. The molecule has 1 amide bonds. The first-order chi connectivity index (χ1) is 14.3. The summed E-state index contributed by atoms with van der Waals surface area (Å²) in [4.78, 5) is 23.1. The molecule has 9 heteroatoms. The number of aliphatic imine (C=N–C) groups is 1. The smallest absolute Gasteiger partial charge is 0.224 e. The van der Waals surface area contributed by atoms with E-state index < -0.39 is 0 Å². The number of benzene rings is 1. The van der Waals surface area contributed by atoms with Gasteiger partial charge in [0.1, 0.15) is 11.1 Å². The topological polar surface area (TPSA) is 78.9 Å². The fraction of sp³-hybridized carbons (Fsp3) is 0.500. The fourth-order valence-corrected chi connectivity index (χ4v) is 3.75. The second-order valence-electron chi connectivity index (χ2n) is 7.66. The predicted octanol–water partition coefficient (Wildman–Crippen LogP) is 4.66. The Kier molecular flexibility index (Phi) is 12.0. The first-order valence-electron chi connectivity index (χ1n) is 10.1. The molecule has 1 atom stereocenters. The summed E-state index contributed by atoms with van der Waals surface area (Å²) in [7, 11) is 5.44. The lowest BCUT2D eigenvalue weighted by molar-refractivity contribution is -0.116. The molecule has 0 spiro atoms. The summed E-state index contributed by atoms with van der Waals surface area (Å²) in [6.07, 6.45) is 0.515. The van der Waals surface area contributed by atoms with Crippen molar-refractivity contribution in [3.8, 4) is 0 Å². The van der Waals surface area contributed by atoms with Crippen LogP contribution in [0.4, 0.5) is 5.69 Å². The highest BCUT2D eigenvalue weighted by Crippen LogP contribution is 2.21. The van der Waals surface area contributed by atoms with Crippen molar-refractivity contribution in [3.05, 3.63) is 45.9 Å². The number of halogens is 1. The summed E-state index contributed by atoms with van der Waals surface area (Å²) in [5, 5.41) is 9.36. The van der Waals surface area contributed by atoms with Crippen LogP contribution in [0, 0.1) is 5.92 Å². The number of ether oxygens (including phenoxy) is 1. The number of guanidine groups is 1. The molecule has 0 radical (unpaired) electrons. The SMILES string of the molecule is CN=C(NCc1cccc(NC(=O)CC(C)C)c1)N(C)Cc1csc(C(C)OC)n1.I. The first kappa shape index (κ1) is 27.3. The van der Waals surface area contributed by atoms with Crippen LogP contribution in [0.5, 0.6) is 0 Å². The first-order valence-corrected chi connectivity index (χ1v) is 11.0. The highest BCUT2D eigenvalue weighted by Gasteiger charge is 2.13. The number of carbonyl (C=O) groups excluding carboxylic acids is 1. The minimum atomic E-state index is -0.000186. The molecule has 1 aromatic carbocycles. The number of amides is 1. The van der Waals surface area contributed by atoms with Gasteiger partial charge in [-0.1, -0.05) is 26.0 Å². The van der Waals surface area contributed by atoms with Gasteiger partial charge >= 0.3 is 0 Å². The molecule has 7 nitrogen and oxygen atoms in total. The van der Waals surface area contributed by atoms with Gasteiger partial charge < -0.3 is 20.3 Å². The molecule has 172 valence electrons. The van der Waals surface area contributed by atoms with E-state index in [0.717, 1.165) is 27.9 Å². The lowest BCUT2D eigenvalue weighted by atomic mass is 10.1. The Morgan fingerprint density at radius 1 is 1.32 bits per heavy atom. The Labute approximate surface area is 206 Å². The third-order valence-electron chi connectivity index (χ3n) is 4.50. The van der Waals surface area contributed by atoms with Gasteiger partial charge in [-0.15, -0.1) is 35.3 Å². The zero-order valence-corrected chi connectivity index (χ0v) is 22.3. The molecule has 0 saturated carbocycles. The number of carbonyl (C=O) groups is 1. The number of nitrogens with one attached hydrogen (secondary N) is 2. The molecule has 1 aromatic heterocycles. The summed E-state index contributed by atoms with van der Waals surface area (Å²) < 4.78 is 5.34. The van der Waals surface area contributed by atoms with Gasteiger partial charge in [-0.3, -0.25) is 9.79 Å². The summed E-state index contributed by atoms with van der Waals surface area (Å²) in [6.45, 7) is 7.32. The third-order valence-corrected chi connectivity index (χ3v) is 5.55. The molecule has 0 aliphatic rings. The Hall–Kier alpha value is -1.72. The normalized spacial score (nSPS) is 12.3. The predicted molar refractivity (Wildman–Crippen MR) is 139 cm³/mol. The number of hydrogen-bond acceptors (Lipinski definition) is 5. The van der Waals surface area contributed by atoms with Crippen LogP contribution in [-0.2, 0) is 22.6 Å². The maximum Gasteiger partial charge on any atom is 0.224 e. The van der Waals surface area contributed by atoms with Gasteiger partial charge in [0.2, 0.25) is 5.91 Å². The second-order valence-corrected chi connectivity index (χ2v) is 8.55. The molecule has 0 saturated heterocycles. The van der Waals surface area contributed by atoms with Crippen LogP contribution >= 0.6 is 35.3 Å². The molecule has 2 N–H and O–H groups in total. The molecule has 31 heavy (non-hydrogen) atoms. The van der Waals surface area contributed by atoms with Gasteiger partial charge in [-0.05, 0) is 30.5 Å². The number of nitrogens with zero attached hydrogens (tertiary/aromatic N) is 3. The van der Waals surface area contributed by atoms with Crippen LogP contribution in [0.2, 0.25) is 0 Å². The quantitative estimate of drug-likeness (QED) is 0.266. The average molecular weight is 560 g/mol. The molecule has 0 aliphatic carbocycles. The van der Waals surface area contributed by atoms with E-state index in [0.29, 0.717) is 25.4 Å². The molecular formula is C22H34IN5O2S. The van der Waals surface area contributed by atoms with E-state index in [1.807, 2.05) is 57.0 Å². The van der Waals surface area contributed by atoms with Crippen molar-refractivity contribution in [1.29, 1.82) is 0 Å². The minimum Gasteiger partial charge on any atom is -0.375 e. The Morgan fingerprint density at radius 2 is 2.06 bits per heavy atom. The third kappa shape index (κ3) is 9.12. The van der Waals surface area contributed by atoms with Crippen LogP contribution in [0.15, 0.2) is 34.6 Å². The number of anilines is 1. The van der Waals surface area contributed by atoms with Crippen molar-refractivity contribution in [2.75, 3.05) is 26.5 Å². The lowest BCUT2D eigenvalue weighted by Crippen LogP contribution is -2.38. The molecule has 0 aliphatic heterocycles. The standard InChI is InChI=1S/C22H33N5O2S.HI/c1-15(2)10-20(28)25-18-9-7-8-17(11-18)12-24-22(23-4)27(5)13-19-14-30-21(26-19)16(3)29-6;/h7-9,11,14-16H,10,12-13H2,1-6H3,(H,23,24)(H,25,28);1H. The lowest BCUT2D eigenvalue weighted by Gasteiger charge is -2.21. The van der Waals surface area contributed by atoms with E-state index in [2.05, 4.69) is 26.0 Å². The second kappa shape index (κ2) is 13.6. The zero-order chi connectivity index (χ0) is 22.1. The fourth-order valence-electron chi connectivity index (χ4n) is 2.91. The molecule has 2 aromatic rings. The van der Waals surface area contributed by atoms with Crippen molar-refractivity contribution in [2.45, 2.75) is 46.4 Å². The van der Waals surface area contributed by atoms with Crippen molar-refractivity contribution >= 4 is 52.9 Å². The maximum absolute atomic E-state index is 12.0. The van der Waals surface area contributed by atoms with Gasteiger partial charge in [0, 0.05) is 45.2 Å². The number of rotatable bonds is 9. The van der Waals surface area contributed by atoms with Crippen LogP contribution < -0.4 is 10.6 Å². The van der Waals surface area contributed by atoms with E-state index >= 15 is 0 Å².